The summed E-state index contributed by atoms with van der Waals surface area (Å²) in [4.78, 5) is 13.4. The minimum Gasteiger partial charge on any atom is -0.356 e. The molecular weight excluding hydrogens is 371 g/mol. The summed E-state index contributed by atoms with van der Waals surface area (Å²) in [5.41, 5.74) is 0.725. The van der Waals surface area contributed by atoms with Crippen LogP contribution in [0.3, 0.4) is 0 Å². The van der Waals surface area contributed by atoms with Crippen LogP contribution >= 0.6 is 0 Å². The van der Waals surface area contributed by atoms with Crippen LogP contribution in [-0.4, -0.2) is 54.4 Å². The number of hydrogen-bond acceptors (Lipinski definition) is 5. The molecule has 11 heteroatoms. The number of nitrogens with one attached hydrogen (secondary N) is 2. The maximum atomic E-state index is 12.1. The van der Waals surface area contributed by atoms with Gasteiger partial charge in [0.25, 0.3) is 0 Å². The van der Waals surface area contributed by atoms with Crippen molar-refractivity contribution in [3.63, 3.8) is 0 Å². The molecular formula is C15H20F3N5O2S. The Bertz CT molecular complexity index is 862. The topological polar surface area (TPSA) is 91.0 Å². The van der Waals surface area contributed by atoms with Gasteiger partial charge in [-0.2, -0.15) is 13.2 Å². The maximum Gasteiger partial charge on any atom is 0.389 e. The van der Waals surface area contributed by atoms with Crippen LogP contribution in [0.2, 0.25) is 0 Å². The Hall–Kier alpha value is -1.88. The molecule has 2 aromatic heterocycles. The van der Waals surface area contributed by atoms with E-state index >= 15 is 0 Å². The van der Waals surface area contributed by atoms with Crippen molar-refractivity contribution in [2.24, 2.45) is 0 Å². The number of anilines is 1. The van der Waals surface area contributed by atoms with E-state index in [1.54, 1.807) is 6.20 Å². The molecule has 26 heavy (non-hydrogen) atoms. The van der Waals surface area contributed by atoms with E-state index in [0.717, 1.165) is 16.9 Å². The Morgan fingerprint density at radius 3 is 2.77 bits per heavy atom. The first kappa shape index (κ1) is 18.9. The number of halogens is 3. The molecule has 2 heterocycles. The van der Waals surface area contributed by atoms with Crippen molar-refractivity contribution >= 4 is 26.9 Å². The number of hydrogen-bond donors (Lipinski definition) is 2. The van der Waals surface area contributed by atoms with Crippen LogP contribution in [0.5, 0.6) is 0 Å². The second-order valence-corrected chi connectivity index (χ2v) is 8.40. The Labute approximate surface area is 149 Å². The first-order chi connectivity index (χ1) is 12.1. The number of rotatable bonds is 7. The van der Waals surface area contributed by atoms with Gasteiger partial charge >= 0.3 is 6.18 Å². The molecule has 0 atom stereocenters. The molecule has 3 rings (SSSR count). The molecule has 1 fully saturated rings. The Morgan fingerprint density at radius 2 is 2.08 bits per heavy atom. The van der Waals surface area contributed by atoms with Gasteiger partial charge in [-0.05, 0) is 25.3 Å². The van der Waals surface area contributed by atoms with E-state index in [-0.39, 0.29) is 12.1 Å². The molecule has 1 saturated carbocycles. The van der Waals surface area contributed by atoms with Gasteiger partial charge in [-0.25, -0.2) is 23.1 Å². The average molecular weight is 391 g/mol. The predicted octanol–water partition coefficient (Wildman–Crippen LogP) is 2.19. The van der Waals surface area contributed by atoms with Crippen LogP contribution < -0.4 is 9.62 Å². The number of fused-ring (bicyclic) bond motifs is 1. The monoisotopic (exact) mass is 391 g/mol. The van der Waals surface area contributed by atoms with Crippen molar-refractivity contribution in [3.8, 4) is 0 Å². The van der Waals surface area contributed by atoms with Gasteiger partial charge in [0.05, 0.1) is 11.1 Å². The zero-order valence-electron chi connectivity index (χ0n) is 14.1. The molecule has 0 radical (unpaired) electrons. The number of H-pyrrole nitrogens is 1. The third-order valence-electron chi connectivity index (χ3n) is 4.55. The highest BCUT2D eigenvalue weighted by Crippen LogP contribution is 2.31. The molecule has 1 aliphatic carbocycles. The first-order valence-corrected chi connectivity index (χ1v) is 9.87. The van der Waals surface area contributed by atoms with Gasteiger partial charge in [-0.1, -0.05) is 0 Å². The predicted molar refractivity (Wildman–Crippen MR) is 91.3 cm³/mol. The Kier molecular flexibility index (Phi) is 5.11. The molecule has 0 amide bonds. The summed E-state index contributed by atoms with van der Waals surface area (Å²) in [5.74, 6) is 0.243. The fourth-order valence-corrected chi connectivity index (χ4v) is 4.43. The van der Waals surface area contributed by atoms with Crippen molar-refractivity contribution < 1.29 is 21.6 Å². The van der Waals surface area contributed by atoms with E-state index in [4.69, 9.17) is 0 Å². The van der Waals surface area contributed by atoms with E-state index in [1.807, 2.05) is 18.0 Å². The quantitative estimate of drug-likeness (QED) is 0.755. The molecule has 1 aliphatic rings. The number of sulfonamides is 1. The maximum absolute atomic E-state index is 12.1. The second-order valence-electron chi connectivity index (χ2n) is 6.53. The average Bonchev–Trinajstić information content (AvgIpc) is 2.96. The van der Waals surface area contributed by atoms with Gasteiger partial charge in [0.15, 0.2) is 0 Å². The molecule has 0 aromatic carbocycles. The summed E-state index contributed by atoms with van der Waals surface area (Å²) in [5, 5.41) is 0.881. The molecule has 0 unspecified atom stereocenters. The van der Waals surface area contributed by atoms with Gasteiger partial charge in [0, 0.05) is 31.7 Å². The summed E-state index contributed by atoms with van der Waals surface area (Å²) < 4.78 is 62.6. The third kappa shape index (κ3) is 4.44. The molecule has 7 nitrogen and oxygen atoms in total. The van der Waals surface area contributed by atoms with Crippen molar-refractivity contribution in [3.05, 3.63) is 18.6 Å². The summed E-state index contributed by atoms with van der Waals surface area (Å²) in [7, 11) is -1.82. The summed E-state index contributed by atoms with van der Waals surface area (Å²) in [6.07, 6.45) is -1.47. The fraction of sp³-hybridized carbons (Fsp3) is 0.600. The Morgan fingerprint density at radius 1 is 1.35 bits per heavy atom. The van der Waals surface area contributed by atoms with Gasteiger partial charge in [0.2, 0.25) is 10.0 Å². The highest BCUT2D eigenvalue weighted by Gasteiger charge is 2.36. The molecule has 0 bridgehead atoms. The lowest BCUT2D eigenvalue weighted by molar-refractivity contribution is -0.134. The van der Waals surface area contributed by atoms with Crippen molar-refractivity contribution in [2.75, 3.05) is 17.7 Å². The number of aromatic amines is 1. The van der Waals surface area contributed by atoms with Crippen molar-refractivity contribution in [2.45, 2.75) is 43.9 Å². The zero-order valence-corrected chi connectivity index (χ0v) is 14.9. The lowest BCUT2D eigenvalue weighted by Crippen LogP contribution is -2.53. The van der Waals surface area contributed by atoms with E-state index in [0.29, 0.717) is 12.8 Å². The van der Waals surface area contributed by atoms with Crippen molar-refractivity contribution in [1.29, 1.82) is 0 Å². The van der Waals surface area contributed by atoms with E-state index < -0.39 is 34.8 Å². The molecule has 2 aromatic rings. The standard InChI is InChI=1S/C15H20F3N5O2S/c1-23(14-12-3-5-19-13(12)20-9-21-14)11-7-10(8-11)22-26(24,25)6-2-4-15(16,17)18/h3,5,9-11,22H,2,4,6-8H2,1H3,(H,19,20,21). The lowest BCUT2D eigenvalue weighted by atomic mass is 9.86. The van der Waals surface area contributed by atoms with Crippen LogP contribution in [0.15, 0.2) is 18.6 Å². The van der Waals surface area contributed by atoms with Crippen LogP contribution in [-0.2, 0) is 10.0 Å². The fourth-order valence-electron chi connectivity index (χ4n) is 3.09. The zero-order chi connectivity index (χ0) is 18.9. The summed E-state index contributed by atoms with van der Waals surface area (Å²) in [6.45, 7) is 0. The third-order valence-corrected chi connectivity index (χ3v) is 6.07. The first-order valence-electron chi connectivity index (χ1n) is 8.22. The van der Waals surface area contributed by atoms with Crippen LogP contribution in [0.1, 0.15) is 25.7 Å². The van der Waals surface area contributed by atoms with E-state index in [2.05, 4.69) is 19.7 Å². The van der Waals surface area contributed by atoms with E-state index in [9.17, 15) is 21.6 Å². The molecule has 0 spiro atoms. The smallest absolute Gasteiger partial charge is 0.356 e. The highest BCUT2D eigenvalue weighted by molar-refractivity contribution is 7.89. The van der Waals surface area contributed by atoms with Crippen molar-refractivity contribution in [1.82, 2.24) is 19.7 Å². The second kappa shape index (κ2) is 7.03. The van der Waals surface area contributed by atoms with Gasteiger partial charge in [-0.15, -0.1) is 0 Å². The van der Waals surface area contributed by atoms with Gasteiger partial charge < -0.3 is 9.88 Å². The molecule has 144 valence electrons. The molecule has 0 aliphatic heterocycles. The molecule has 2 N–H and O–H groups in total. The molecule has 0 saturated heterocycles. The SMILES string of the molecule is CN(c1ncnc2[nH]ccc12)C1CC(NS(=O)(=O)CCCC(F)(F)F)C1. The number of nitrogens with zero attached hydrogens (tertiary/aromatic N) is 3. The summed E-state index contributed by atoms with van der Waals surface area (Å²) >= 11 is 0. The van der Waals surface area contributed by atoms with Gasteiger partial charge in [-0.3, -0.25) is 0 Å². The summed E-state index contributed by atoms with van der Waals surface area (Å²) in [6, 6.07) is 1.72. The van der Waals surface area contributed by atoms with Crippen LogP contribution in [0.4, 0.5) is 19.0 Å². The normalized spacial score (nSPS) is 20.9. The minimum absolute atomic E-state index is 0.103. The number of alkyl halides is 3. The largest absolute Gasteiger partial charge is 0.389 e. The Balaban J connectivity index is 1.51. The van der Waals surface area contributed by atoms with E-state index in [1.165, 1.54) is 6.33 Å². The highest BCUT2D eigenvalue weighted by atomic mass is 32.2. The minimum atomic E-state index is -4.33. The van der Waals surface area contributed by atoms with Crippen LogP contribution in [0, 0.1) is 0 Å². The number of aromatic nitrogens is 3. The lowest BCUT2D eigenvalue weighted by Gasteiger charge is -2.41. The van der Waals surface area contributed by atoms with Gasteiger partial charge in [0.1, 0.15) is 17.8 Å². The van der Waals surface area contributed by atoms with Crippen LogP contribution in [0.25, 0.3) is 11.0 Å².